The Kier molecular flexibility index (Phi) is 6.26. The van der Waals surface area contributed by atoms with Gasteiger partial charge in [0.1, 0.15) is 11.5 Å². The molecule has 1 amide bonds. The molecule has 0 aliphatic carbocycles. The Balaban J connectivity index is 1.81. The number of para-hydroxylation sites is 2. The number of aromatic nitrogens is 2. The van der Waals surface area contributed by atoms with E-state index in [1.165, 1.54) is 11.8 Å². The summed E-state index contributed by atoms with van der Waals surface area (Å²) in [5.41, 5.74) is 2.49. The lowest BCUT2D eigenvalue weighted by Gasteiger charge is -2.15. The average Bonchev–Trinajstić information content (AvgIpc) is 3.05. The van der Waals surface area contributed by atoms with Gasteiger partial charge < -0.3 is 19.4 Å². The van der Waals surface area contributed by atoms with E-state index in [-0.39, 0.29) is 11.2 Å². The number of thioether (sulfide) groups is 1. The van der Waals surface area contributed by atoms with Crippen molar-refractivity contribution in [2.45, 2.75) is 23.9 Å². The van der Waals surface area contributed by atoms with Crippen LogP contribution >= 0.6 is 11.8 Å². The number of rotatable bonds is 8. The van der Waals surface area contributed by atoms with Crippen LogP contribution in [0.1, 0.15) is 6.92 Å². The first-order valence-corrected chi connectivity index (χ1v) is 9.71. The summed E-state index contributed by atoms with van der Waals surface area (Å²) in [6.07, 6.45) is 1.82. The molecule has 1 N–H and O–H groups in total. The molecule has 1 atom stereocenters. The second kappa shape index (κ2) is 8.84. The molecule has 0 bridgehead atoms. The third kappa shape index (κ3) is 4.14. The van der Waals surface area contributed by atoms with Gasteiger partial charge >= 0.3 is 0 Å². The van der Waals surface area contributed by atoms with Crippen LogP contribution in [-0.2, 0) is 11.3 Å². The summed E-state index contributed by atoms with van der Waals surface area (Å²) < 4.78 is 12.6. The van der Waals surface area contributed by atoms with Crippen molar-refractivity contribution in [2.75, 3.05) is 19.5 Å². The Morgan fingerprint density at radius 2 is 2.07 bits per heavy atom. The number of anilines is 1. The van der Waals surface area contributed by atoms with Gasteiger partial charge in [0.2, 0.25) is 5.91 Å². The van der Waals surface area contributed by atoms with E-state index in [1.807, 2.05) is 37.3 Å². The number of fused-ring (bicyclic) bond motifs is 1. The maximum absolute atomic E-state index is 12.8. The summed E-state index contributed by atoms with van der Waals surface area (Å²) >= 11 is 1.41. The molecular weight excluding hydrogens is 374 g/mol. The Morgan fingerprint density at radius 1 is 1.29 bits per heavy atom. The fraction of sp³-hybridized carbons (Fsp3) is 0.238. The number of carbonyl (C=O) groups is 1. The van der Waals surface area contributed by atoms with Crippen molar-refractivity contribution in [1.82, 2.24) is 9.55 Å². The van der Waals surface area contributed by atoms with E-state index in [0.29, 0.717) is 23.7 Å². The van der Waals surface area contributed by atoms with Gasteiger partial charge in [-0.15, -0.1) is 6.58 Å². The molecule has 0 spiro atoms. The van der Waals surface area contributed by atoms with Gasteiger partial charge in [-0.05, 0) is 31.2 Å². The molecule has 1 unspecified atom stereocenters. The van der Waals surface area contributed by atoms with Crippen molar-refractivity contribution in [1.29, 1.82) is 0 Å². The van der Waals surface area contributed by atoms with E-state index >= 15 is 0 Å². The second-order valence-electron chi connectivity index (χ2n) is 6.10. The van der Waals surface area contributed by atoms with Crippen molar-refractivity contribution in [3.63, 3.8) is 0 Å². The number of carbonyl (C=O) groups excluding carboxylic acids is 1. The normalized spacial score (nSPS) is 11.8. The number of nitrogens with zero attached hydrogens (tertiary/aromatic N) is 2. The number of amides is 1. The minimum absolute atomic E-state index is 0.145. The molecule has 0 fully saturated rings. The molecule has 7 heteroatoms. The van der Waals surface area contributed by atoms with Crippen molar-refractivity contribution >= 4 is 34.4 Å². The molecule has 0 saturated carbocycles. The van der Waals surface area contributed by atoms with Crippen molar-refractivity contribution < 1.29 is 14.3 Å². The molecule has 3 rings (SSSR count). The summed E-state index contributed by atoms with van der Waals surface area (Å²) in [4.78, 5) is 17.5. The van der Waals surface area contributed by atoms with Crippen LogP contribution < -0.4 is 14.8 Å². The monoisotopic (exact) mass is 397 g/mol. The predicted molar refractivity (Wildman–Crippen MR) is 113 cm³/mol. The highest BCUT2D eigenvalue weighted by Gasteiger charge is 2.20. The topological polar surface area (TPSA) is 65.4 Å². The molecular formula is C21H23N3O3S. The van der Waals surface area contributed by atoms with E-state index in [9.17, 15) is 4.79 Å². The fourth-order valence-electron chi connectivity index (χ4n) is 2.81. The molecule has 28 heavy (non-hydrogen) atoms. The first-order chi connectivity index (χ1) is 13.6. The highest BCUT2D eigenvalue weighted by atomic mass is 32.2. The lowest BCUT2D eigenvalue weighted by Crippen LogP contribution is -2.23. The van der Waals surface area contributed by atoms with E-state index in [0.717, 1.165) is 16.2 Å². The molecule has 0 aliphatic heterocycles. The van der Waals surface area contributed by atoms with Crippen LogP contribution in [0.15, 0.2) is 60.3 Å². The van der Waals surface area contributed by atoms with Gasteiger partial charge in [-0.3, -0.25) is 4.79 Å². The summed E-state index contributed by atoms with van der Waals surface area (Å²) in [5.74, 6) is 1.07. The van der Waals surface area contributed by atoms with Crippen molar-refractivity contribution in [2.24, 2.45) is 0 Å². The number of methoxy groups -OCH3 is 2. The molecule has 146 valence electrons. The number of imidazole rings is 1. The van der Waals surface area contributed by atoms with Crippen LogP contribution in [0, 0.1) is 0 Å². The lowest BCUT2D eigenvalue weighted by atomic mass is 10.2. The van der Waals surface area contributed by atoms with E-state index in [1.54, 1.807) is 32.4 Å². The number of ether oxygens (including phenoxy) is 2. The van der Waals surface area contributed by atoms with E-state index < -0.39 is 0 Å². The SMILES string of the molecule is C=CCn1c(SC(C)C(=O)Nc2cc(OC)ccc2OC)nc2ccccc21. The molecule has 0 aliphatic rings. The number of hydrogen-bond donors (Lipinski definition) is 1. The molecule has 3 aromatic rings. The predicted octanol–water partition coefficient (Wildman–Crippen LogP) is 4.36. The van der Waals surface area contributed by atoms with Crippen LogP contribution in [0.4, 0.5) is 5.69 Å². The number of benzene rings is 2. The molecule has 2 aromatic carbocycles. The third-order valence-electron chi connectivity index (χ3n) is 4.25. The first kappa shape index (κ1) is 19.8. The molecule has 1 aromatic heterocycles. The maximum atomic E-state index is 12.8. The molecule has 1 heterocycles. The zero-order valence-corrected chi connectivity index (χ0v) is 17.0. The number of allylic oxidation sites excluding steroid dienone is 1. The third-order valence-corrected chi connectivity index (χ3v) is 5.34. The zero-order valence-electron chi connectivity index (χ0n) is 16.1. The van der Waals surface area contributed by atoms with Gasteiger partial charge in [0.05, 0.1) is 36.2 Å². The molecule has 0 radical (unpaired) electrons. The fourth-order valence-corrected chi connectivity index (χ4v) is 3.74. The Morgan fingerprint density at radius 3 is 2.79 bits per heavy atom. The minimum Gasteiger partial charge on any atom is -0.497 e. The summed E-state index contributed by atoms with van der Waals surface area (Å²) in [7, 11) is 3.14. The van der Waals surface area contributed by atoms with Gasteiger partial charge in [0.15, 0.2) is 5.16 Å². The minimum atomic E-state index is -0.365. The van der Waals surface area contributed by atoms with Crippen LogP contribution in [0.2, 0.25) is 0 Å². The Labute approximate surface area is 168 Å². The quantitative estimate of drug-likeness (QED) is 0.452. The maximum Gasteiger partial charge on any atom is 0.237 e. The zero-order chi connectivity index (χ0) is 20.1. The van der Waals surface area contributed by atoms with Gasteiger partial charge in [0, 0.05) is 12.6 Å². The van der Waals surface area contributed by atoms with Crippen LogP contribution in [0.3, 0.4) is 0 Å². The van der Waals surface area contributed by atoms with Gasteiger partial charge in [-0.2, -0.15) is 0 Å². The molecule has 0 saturated heterocycles. The first-order valence-electron chi connectivity index (χ1n) is 8.83. The van der Waals surface area contributed by atoms with Crippen molar-refractivity contribution in [3.05, 3.63) is 55.1 Å². The number of nitrogens with one attached hydrogen (secondary N) is 1. The largest absolute Gasteiger partial charge is 0.497 e. The van der Waals surface area contributed by atoms with Gasteiger partial charge in [-0.25, -0.2) is 4.98 Å². The summed E-state index contributed by atoms with van der Waals surface area (Å²) in [6.45, 7) is 6.30. The molecule has 6 nitrogen and oxygen atoms in total. The van der Waals surface area contributed by atoms with Crippen molar-refractivity contribution in [3.8, 4) is 11.5 Å². The van der Waals surface area contributed by atoms with E-state index in [4.69, 9.17) is 9.47 Å². The summed E-state index contributed by atoms with van der Waals surface area (Å²) in [5, 5.41) is 3.33. The van der Waals surface area contributed by atoms with Crippen LogP contribution in [0.25, 0.3) is 11.0 Å². The lowest BCUT2D eigenvalue weighted by molar-refractivity contribution is -0.115. The van der Waals surface area contributed by atoms with Gasteiger partial charge in [0.25, 0.3) is 0 Å². The standard InChI is InChI=1S/C21H23N3O3S/c1-5-12-24-18-9-7-6-8-16(18)23-21(24)28-14(2)20(25)22-17-13-15(26-3)10-11-19(17)27-4/h5-11,13-14H,1,12H2,2-4H3,(H,22,25). The van der Waals surface area contributed by atoms with Crippen LogP contribution in [-0.4, -0.2) is 34.9 Å². The smallest absolute Gasteiger partial charge is 0.237 e. The number of hydrogen-bond acceptors (Lipinski definition) is 5. The van der Waals surface area contributed by atoms with Crippen LogP contribution in [0.5, 0.6) is 11.5 Å². The second-order valence-corrected chi connectivity index (χ2v) is 7.41. The average molecular weight is 398 g/mol. The highest BCUT2D eigenvalue weighted by Crippen LogP contribution is 2.31. The summed E-state index contributed by atoms with van der Waals surface area (Å²) in [6, 6.07) is 13.2. The van der Waals surface area contributed by atoms with E-state index in [2.05, 4.69) is 21.4 Å². The Hall–Kier alpha value is -2.93. The van der Waals surface area contributed by atoms with Gasteiger partial charge in [-0.1, -0.05) is 30.0 Å². The highest BCUT2D eigenvalue weighted by molar-refractivity contribution is 8.00. The Bertz CT molecular complexity index is 1000.